The van der Waals surface area contributed by atoms with E-state index < -0.39 is 0 Å². The summed E-state index contributed by atoms with van der Waals surface area (Å²) in [5, 5.41) is 3.23. The van der Waals surface area contributed by atoms with Gasteiger partial charge in [-0.15, -0.1) is 0 Å². The quantitative estimate of drug-likeness (QED) is 0.169. The maximum atomic E-state index is 5.19. The second-order valence-electron chi connectivity index (χ2n) is 12.1. The molecule has 50 heavy (non-hydrogen) atoms. The number of hydrogen-bond acceptors (Lipinski definition) is 5. The molecule has 0 atom stereocenters. The third-order valence-corrected chi connectivity index (χ3v) is 8.96. The van der Waals surface area contributed by atoms with Crippen molar-refractivity contribution in [2.24, 2.45) is 0 Å². The Labute approximate surface area is 289 Å². The second kappa shape index (κ2) is 12.6. The topological polar surface area (TPSA) is 64.5 Å². The molecule has 3 heterocycles. The van der Waals surface area contributed by atoms with E-state index in [0.29, 0.717) is 11.6 Å². The van der Waals surface area contributed by atoms with Gasteiger partial charge in [0, 0.05) is 39.2 Å². The third kappa shape index (κ3) is 5.57. The van der Waals surface area contributed by atoms with Gasteiger partial charge in [0.2, 0.25) is 0 Å². The number of nitrogens with zero attached hydrogens (tertiary/aromatic N) is 5. The lowest BCUT2D eigenvalue weighted by Crippen LogP contribution is -1.96. The van der Waals surface area contributed by atoms with Crippen LogP contribution in [0, 0.1) is 0 Å². The molecular weight excluding hydrogens is 611 g/mol. The van der Waals surface area contributed by atoms with E-state index in [1.165, 1.54) is 0 Å². The molecule has 3 aromatic heterocycles. The molecule has 0 radical (unpaired) electrons. The summed E-state index contributed by atoms with van der Waals surface area (Å²) in [6.45, 7) is 0. The minimum atomic E-state index is 0.589. The Morgan fingerprint density at radius 1 is 0.320 bits per heavy atom. The van der Waals surface area contributed by atoms with Crippen molar-refractivity contribution in [2.75, 3.05) is 0 Å². The number of fused-ring (bicyclic) bond motifs is 3. The van der Waals surface area contributed by atoms with Crippen molar-refractivity contribution in [1.82, 2.24) is 24.9 Å². The van der Waals surface area contributed by atoms with Gasteiger partial charge >= 0.3 is 0 Å². The van der Waals surface area contributed by atoms with Gasteiger partial charge in [-0.25, -0.2) is 24.9 Å². The summed E-state index contributed by atoms with van der Waals surface area (Å²) >= 11 is 0. The summed E-state index contributed by atoms with van der Waals surface area (Å²) < 4.78 is 0. The van der Waals surface area contributed by atoms with Gasteiger partial charge in [0.15, 0.2) is 11.6 Å². The van der Waals surface area contributed by atoms with Crippen LogP contribution >= 0.6 is 0 Å². The van der Waals surface area contributed by atoms with Gasteiger partial charge in [0.1, 0.15) is 5.69 Å². The summed E-state index contributed by atoms with van der Waals surface area (Å²) in [6, 6.07) is 58.0. The Bertz CT molecular complexity index is 2640. The van der Waals surface area contributed by atoms with E-state index in [9.17, 15) is 0 Å². The zero-order valence-corrected chi connectivity index (χ0v) is 27.0. The highest BCUT2D eigenvalue weighted by Gasteiger charge is 2.15. The molecule has 0 aliphatic rings. The lowest BCUT2D eigenvalue weighted by molar-refractivity contribution is 1.14. The molecule has 5 heteroatoms. The fourth-order valence-corrected chi connectivity index (χ4v) is 6.45. The summed E-state index contributed by atoms with van der Waals surface area (Å²) in [5.41, 5.74) is 10.6. The maximum Gasteiger partial charge on any atom is 0.178 e. The van der Waals surface area contributed by atoms with Gasteiger partial charge in [-0.1, -0.05) is 133 Å². The van der Waals surface area contributed by atoms with Crippen LogP contribution < -0.4 is 0 Å². The maximum absolute atomic E-state index is 5.19. The van der Waals surface area contributed by atoms with Gasteiger partial charge in [0.05, 0.1) is 22.6 Å². The van der Waals surface area contributed by atoms with Crippen LogP contribution in [-0.2, 0) is 0 Å². The van der Waals surface area contributed by atoms with E-state index in [2.05, 4.69) is 108 Å². The zero-order chi connectivity index (χ0) is 33.3. The van der Waals surface area contributed by atoms with Crippen LogP contribution in [0.15, 0.2) is 176 Å². The van der Waals surface area contributed by atoms with Crippen LogP contribution in [0.5, 0.6) is 0 Å². The molecule has 0 saturated carbocycles. The molecule has 9 rings (SSSR count). The molecule has 0 fully saturated rings. The number of rotatable bonds is 6. The van der Waals surface area contributed by atoms with Gasteiger partial charge in [0.25, 0.3) is 0 Å². The van der Waals surface area contributed by atoms with Crippen molar-refractivity contribution >= 4 is 21.7 Å². The summed E-state index contributed by atoms with van der Waals surface area (Å²) in [5.74, 6) is 1.30. The van der Waals surface area contributed by atoms with Gasteiger partial charge in [-0.05, 0) is 52.9 Å². The molecule has 0 spiro atoms. The first-order valence-electron chi connectivity index (χ1n) is 16.6. The van der Waals surface area contributed by atoms with E-state index in [1.54, 1.807) is 6.20 Å². The van der Waals surface area contributed by atoms with Crippen molar-refractivity contribution < 1.29 is 0 Å². The summed E-state index contributed by atoms with van der Waals surface area (Å²) in [4.78, 5) is 24.7. The van der Waals surface area contributed by atoms with E-state index in [-0.39, 0.29) is 0 Å². The molecule has 0 aliphatic heterocycles. The summed E-state index contributed by atoms with van der Waals surface area (Å²) in [7, 11) is 0. The van der Waals surface area contributed by atoms with E-state index >= 15 is 0 Å². The van der Waals surface area contributed by atoms with E-state index in [0.717, 1.165) is 77.8 Å². The molecule has 6 aromatic carbocycles. The minimum Gasteiger partial charge on any atom is -0.244 e. The van der Waals surface area contributed by atoms with E-state index in [4.69, 9.17) is 19.9 Å². The number of pyridine rings is 1. The van der Waals surface area contributed by atoms with Gasteiger partial charge in [-0.3, -0.25) is 0 Å². The Morgan fingerprint density at radius 3 is 1.74 bits per heavy atom. The Kier molecular flexibility index (Phi) is 7.41. The lowest BCUT2D eigenvalue weighted by Gasteiger charge is -2.13. The second-order valence-corrected chi connectivity index (χ2v) is 12.1. The summed E-state index contributed by atoms with van der Waals surface area (Å²) in [6.07, 6.45) is 1.80. The normalized spacial score (nSPS) is 11.2. The van der Waals surface area contributed by atoms with Crippen LogP contribution in [0.3, 0.4) is 0 Å². The molecule has 5 nitrogen and oxygen atoms in total. The standard InChI is InChI=1S/C45H29N5/c1-4-12-31(13-5-1)39-20-11-21-41(47-39)45-46-27-26-40(48-45)36-19-10-18-34(28-36)35-23-22-30-24-25-37-42(32-14-6-2-7-15-32)49-44(33-16-8-3-9-17-33)50-43(37)38(30)29-35/h1-29H. The average Bonchev–Trinajstić information content (AvgIpc) is 3.21. The molecule has 234 valence electrons. The predicted molar refractivity (Wildman–Crippen MR) is 203 cm³/mol. The van der Waals surface area contributed by atoms with Crippen LogP contribution in [0.1, 0.15) is 0 Å². The predicted octanol–water partition coefficient (Wildman–Crippen LogP) is 11.0. The molecule has 0 saturated heterocycles. The molecule has 0 N–H and O–H groups in total. The van der Waals surface area contributed by atoms with Gasteiger partial charge in [-0.2, -0.15) is 0 Å². The molecule has 0 aliphatic carbocycles. The first kappa shape index (κ1) is 29.3. The number of benzene rings is 6. The number of aromatic nitrogens is 5. The lowest BCUT2D eigenvalue weighted by atomic mass is 9.96. The minimum absolute atomic E-state index is 0.589. The SMILES string of the molecule is c1ccc(-c2cccc(-c3nccc(-c4cccc(-c5ccc6ccc7c(-c8ccccc8)nc(-c8ccccc8)nc7c6c5)c4)n3)n2)cc1. The first-order valence-corrected chi connectivity index (χ1v) is 16.6. The Balaban J connectivity index is 1.13. The molecule has 0 unspecified atom stereocenters. The largest absolute Gasteiger partial charge is 0.244 e. The van der Waals surface area contributed by atoms with Crippen molar-refractivity contribution in [3.8, 4) is 67.8 Å². The molecular formula is C45H29N5. The Hall–Kier alpha value is -6.85. The Morgan fingerprint density at radius 2 is 0.940 bits per heavy atom. The fraction of sp³-hybridized carbons (Fsp3) is 0. The van der Waals surface area contributed by atoms with Crippen molar-refractivity contribution in [3.63, 3.8) is 0 Å². The van der Waals surface area contributed by atoms with Crippen molar-refractivity contribution in [1.29, 1.82) is 0 Å². The third-order valence-electron chi connectivity index (χ3n) is 8.96. The van der Waals surface area contributed by atoms with Crippen LogP contribution in [-0.4, -0.2) is 24.9 Å². The van der Waals surface area contributed by atoms with Crippen LogP contribution in [0.25, 0.3) is 89.5 Å². The van der Waals surface area contributed by atoms with E-state index in [1.807, 2.05) is 66.7 Å². The van der Waals surface area contributed by atoms with Crippen molar-refractivity contribution in [2.45, 2.75) is 0 Å². The highest BCUT2D eigenvalue weighted by atomic mass is 14.9. The fourth-order valence-electron chi connectivity index (χ4n) is 6.45. The monoisotopic (exact) mass is 639 g/mol. The van der Waals surface area contributed by atoms with Crippen molar-refractivity contribution in [3.05, 3.63) is 176 Å². The van der Waals surface area contributed by atoms with Crippen LogP contribution in [0.2, 0.25) is 0 Å². The molecule has 0 bridgehead atoms. The average molecular weight is 640 g/mol. The van der Waals surface area contributed by atoms with Gasteiger partial charge < -0.3 is 0 Å². The number of hydrogen-bond donors (Lipinski definition) is 0. The first-order chi connectivity index (χ1) is 24.8. The highest BCUT2D eigenvalue weighted by molar-refractivity contribution is 6.10. The smallest absolute Gasteiger partial charge is 0.178 e. The highest BCUT2D eigenvalue weighted by Crippen LogP contribution is 2.36. The van der Waals surface area contributed by atoms with Crippen LogP contribution in [0.4, 0.5) is 0 Å². The molecule has 0 amide bonds. The molecule has 9 aromatic rings. The zero-order valence-electron chi connectivity index (χ0n) is 27.0.